The Morgan fingerprint density at radius 3 is 2.64 bits per heavy atom. The van der Waals surface area contributed by atoms with Crippen molar-refractivity contribution in [2.45, 2.75) is 52.9 Å². The van der Waals surface area contributed by atoms with Crippen LogP contribution < -0.4 is 0 Å². The van der Waals surface area contributed by atoms with Crippen LogP contribution in [-0.4, -0.2) is 0 Å². The van der Waals surface area contributed by atoms with Crippen molar-refractivity contribution in [2.75, 3.05) is 0 Å². The third kappa shape index (κ3) is 3.01. The largest absolute Gasteiger partial charge is 0.198 e. The molecule has 1 saturated carbocycles. The van der Waals surface area contributed by atoms with Gasteiger partial charge in [-0.25, -0.2) is 0 Å². The first kappa shape index (κ1) is 11.6. The lowest BCUT2D eigenvalue weighted by Gasteiger charge is -2.37. The van der Waals surface area contributed by atoms with Crippen LogP contribution in [0.4, 0.5) is 0 Å². The second kappa shape index (κ2) is 5.39. The molecular formula is C13H23N. The highest BCUT2D eigenvalue weighted by molar-refractivity contribution is 4.83. The molecule has 0 radical (unpaired) electrons. The Kier molecular flexibility index (Phi) is 4.45. The number of nitriles is 1. The second-order valence-electron chi connectivity index (χ2n) is 5.28. The summed E-state index contributed by atoms with van der Waals surface area (Å²) in [5.41, 5.74) is 0. The molecule has 3 atom stereocenters. The fourth-order valence-corrected chi connectivity index (χ4v) is 2.98. The van der Waals surface area contributed by atoms with Crippen LogP contribution in [0.3, 0.4) is 0 Å². The Labute approximate surface area is 88.5 Å². The quantitative estimate of drug-likeness (QED) is 0.664. The molecule has 0 bridgehead atoms. The van der Waals surface area contributed by atoms with Gasteiger partial charge in [0.25, 0.3) is 0 Å². The summed E-state index contributed by atoms with van der Waals surface area (Å²) in [5, 5.41) is 8.64. The topological polar surface area (TPSA) is 23.8 Å². The van der Waals surface area contributed by atoms with Gasteiger partial charge in [0.05, 0.1) is 6.07 Å². The maximum absolute atomic E-state index is 8.64. The smallest absolute Gasteiger partial charge is 0.0621 e. The molecule has 1 nitrogen and oxygen atoms in total. The third-order valence-corrected chi connectivity index (χ3v) is 3.79. The predicted octanol–water partition coefficient (Wildman–Crippen LogP) is 4.00. The van der Waals surface area contributed by atoms with Crippen LogP contribution in [0.15, 0.2) is 0 Å². The maximum Gasteiger partial charge on any atom is 0.0621 e. The maximum atomic E-state index is 8.64. The molecule has 0 aromatic carbocycles. The molecule has 80 valence electrons. The molecule has 0 heterocycles. The van der Waals surface area contributed by atoms with E-state index < -0.39 is 0 Å². The summed E-state index contributed by atoms with van der Waals surface area (Å²) in [4.78, 5) is 0. The average Bonchev–Trinajstić information content (AvgIpc) is 2.14. The lowest BCUT2D eigenvalue weighted by molar-refractivity contribution is 0.137. The molecule has 1 aliphatic carbocycles. The van der Waals surface area contributed by atoms with Crippen molar-refractivity contribution < 1.29 is 0 Å². The molecule has 1 rings (SSSR count). The second-order valence-corrected chi connectivity index (χ2v) is 5.28. The molecule has 0 aliphatic heterocycles. The van der Waals surface area contributed by atoms with Crippen molar-refractivity contribution in [3.63, 3.8) is 0 Å². The molecule has 0 N–H and O–H groups in total. The van der Waals surface area contributed by atoms with Gasteiger partial charge in [-0.1, -0.05) is 27.2 Å². The van der Waals surface area contributed by atoms with Crippen molar-refractivity contribution in [1.29, 1.82) is 5.26 Å². The van der Waals surface area contributed by atoms with E-state index in [4.69, 9.17) is 5.26 Å². The summed E-state index contributed by atoms with van der Waals surface area (Å²) >= 11 is 0. The molecule has 1 fully saturated rings. The van der Waals surface area contributed by atoms with Crippen molar-refractivity contribution in [2.24, 2.45) is 23.7 Å². The van der Waals surface area contributed by atoms with E-state index in [-0.39, 0.29) is 0 Å². The van der Waals surface area contributed by atoms with E-state index >= 15 is 0 Å². The molecule has 0 saturated heterocycles. The van der Waals surface area contributed by atoms with E-state index in [1.807, 2.05) is 0 Å². The minimum Gasteiger partial charge on any atom is -0.198 e. The molecular weight excluding hydrogens is 170 g/mol. The fraction of sp³-hybridized carbons (Fsp3) is 0.923. The molecule has 1 aliphatic rings. The van der Waals surface area contributed by atoms with Gasteiger partial charge in [-0.3, -0.25) is 0 Å². The van der Waals surface area contributed by atoms with Gasteiger partial charge in [-0.15, -0.1) is 0 Å². The fourth-order valence-electron chi connectivity index (χ4n) is 2.98. The molecule has 0 amide bonds. The third-order valence-electron chi connectivity index (χ3n) is 3.79. The summed E-state index contributed by atoms with van der Waals surface area (Å²) < 4.78 is 0. The Morgan fingerprint density at radius 1 is 1.36 bits per heavy atom. The van der Waals surface area contributed by atoms with Crippen LogP contribution in [0, 0.1) is 35.0 Å². The molecule has 0 aromatic rings. The number of hydrogen-bond acceptors (Lipinski definition) is 1. The molecule has 14 heavy (non-hydrogen) atoms. The van der Waals surface area contributed by atoms with Gasteiger partial charge in [0.15, 0.2) is 0 Å². The van der Waals surface area contributed by atoms with Crippen LogP contribution in [-0.2, 0) is 0 Å². The van der Waals surface area contributed by atoms with Crippen molar-refractivity contribution >= 4 is 0 Å². The van der Waals surface area contributed by atoms with Gasteiger partial charge in [-0.2, -0.15) is 5.26 Å². The van der Waals surface area contributed by atoms with Crippen molar-refractivity contribution in [1.82, 2.24) is 0 Å². The lowest BCUT2D eigenvalue weighted by Crippen LogP contribution is -2.27. The van der Waals surface area contributed by atoms with E-state index in [1.165, 1.54) is 19.3 Å². The van der Waals surface area contributed by atoms with Gasteiger partial charge < -0.3 is 0 Å². The van der Waals surface area contributed by atoms with Gasteiger partial charge in [0, 0.05) is 6.42 Å². The Balaban J connectivity index is 2.50. The zero-order chi connectivity index (χ0) is 10.6. The molecule has 0 spiro atoms. The zero-order valence-corrected chi connectivity index (χ0v) is 9.79. The van der Waals surface area contributed by atoms with Gasteiger partial charge in [0.2, 0.25) is 0 Å². The highest BCUT2D eigenvalue weighted by Gasteiger charge is 2.29. The Bertz CT molecular complexity index is 202. The Morgan fingerprint density at radius 2 is 2.07 bits per heavy atom. The van der Waals surface area contributed by atoms with Gasteiger partial charge >= 0.3 is 0 Å². The molecule has 0 unspecified atom stereocenters. The first-order chi connectivity index (χ1) is 6.65. The van der Waals surface area contributed by atoms with Crippen LogP contribution in [0.5, 0.6) is 0 Å². The number of hydrogen-bond donors (Lipinski definition) is 0. The van der Waals surface area contributed by atoms with E-state index in [1.54, 1.807) is 0 Å². The zero-order valence-electron chi connectivity index (χ0n) is 9.79. The first-order valence-corrected chi connectivity index (χ1v) is 6.02. The van der Waals surface area contributed by atoms with Gasteiger partial charge in [-0.05, 0) is 42.9 Å². The van der Waals surface area contributed by atoms with Crippen molar-refractivity contribution in [3.05, 3.63) is 0 Å². The predicted molar refractivity (Wildman–Crippen MR) is 59.7 cm³/mol. The highest BCUT2D eigenvalue weighted by Crippen LogP contribution is 2.40. The van der Waals surface area contributed by atoms with Crippen LogP contribution in [0.1, 0.15) is 52.9 Å². The normalized spacial score (nSPS) is 32.9. The van der Waals surface area contributed by atoms with E-state index in [2.05, 4.69) is 26.8 Å². The minimum absolute atomic E-state index is 0.751. The van der Waals surface area contributed by atoms with E-state index in [0.29, 0.717) is 0 Å². The lowest BCUT2D eigenvalue weighted by atomic mass is 9.69. The number of rotatable bonds is 3. The van der Waals surface area contributed by atoms with Crippen LogP contribution >= 0.6 is 0 Å². The number of nitrogens with zero attached hydrogens (tertiary/aromatic N) is 1. The molecule has 0 aromatic heterocycles. The van der Waals surface area contributed by atoms with Crippen LogP contribution in [0.25, 0.3) is 0 Å². The summed E-state index contributed by atoms with van der Waals surface area (Å²) in [6.07, 6.45) is 6.01. The first-order valence-electron chi connectivity index (χ1n) is 6.02. The van der Waals surface area contributed by atoms with Gasteiger partial charge in [0.1, 0.15) is 0 Å². The van der Waals surface area contributed by atoms with E-state index in [0.717, 1.165) is 36.5 Å². The highest BCUT2D eigenvalue weighted by atomic mass is 14.4. The summed E-state index contributed by atoms with van der Waals surface area (Å²) in [5.74, 6) is 3.37. The van der Waals surface area contributed by atoms with E-state index in [9.17, 15) is 0 Å². The summed E-state index contributed by atoms with van der Waals surface area (Å²) in [6, 6.07) is 2.29. The summed E-state index contributed by atoms with van der Waals surface area (Å²) in [7, 11) is 0. The standard InChI is InChI=1S/C13H23N/c1-10(2)13-7-6-11(3)9-12(13)5-4-8-14/h10-13H,4-7,9H2,1-3H3/t11-,12-,13+/m1/s1. The monoisotopic (exact) mass is 193 g/mol. The summed E-state index contributed by atoms with van der Waals surface area (Å²) in [6.45, 7) is 7.02. The van der Waals surface area contributed by atoms with Crippen molar-refractivity contribution in [3.8, 4) is 6.07 Å². The Hall–Kier alpha value is -0.510. The minimum atomic E-state index is 0.751. The SMILES string of the molecule is CC(C)[C@@H]1CC[C@@H](C)C[C@H]1CCC#N. The molecule has 1 heteroatoms. The van der Waals surface area contributed by atoms with Crippen LogP contribution in [0.2, 0.25) is 0 Å². The average molecular weight is 193 g/mol.